The molecule has 2 unspecified atom stereocenters. The van der Waals surface area contributed by atoms with E-state index in [1.54, 1.807) is 36.9 Å². The molecule has 5 heteroatoms. The summed E-state index contributed by atoms with van der Waals surface area (Å²) in [6.45, 7) is 8.49. The lowest BCUT2D eigenvalue weighted by Gasteiger charge is -2.24. The second-order valence-electron chi connectivity index (χ2n) is 4.63. The quantitative estimate of drug-likeness (QED) is 0.878. The van der Waals surface area contributed by atoms with Gasteiger partial charge in [-0.05, 0) is 45.9 Å². The summed E-state index contributed by atoms with van der Waals surface area (Å²) in [4.78, 5) is 13.9. The lowest BCUT2D eigenvalue weighted by Crippen LogP contribution is -2.40. The summed E-state index contributed by atoms with van der Waals surface area (Å²) in [7, 11) is 0. The van der Waals surface area contributed by atoms with E-state index in [2.05, 4.69) is 0 Å². The molecule has 112 valence electrons. The Kier molecular flexibility index (Phi) is 6.30. The van der Waals surface area contributed by atoms with Gasteiger partial charge in [0, 0.05) is 23.7 Å². The smallest absolute Gasteiger partial charge is 0.263 e. The molecule has 0 saturated carbocycles. The van der Waals surface area contributed by atoms with Crippen molar-refractivity contribution in [1.82, 2.24) is 4.90 Å². The van der Waals surface area contributed by atoms with E-state index in [4.69, 9.17) is 16.3 Å². The van der Waals surface area contributed by atoms with Gasteiger partial charge >= 0.3 is 0 Å². The maximum absolute atomic E-state index is 12.2. The summed E-state index contributed by atoms with van der Waals surface area (Å²) in [6, 6.07) is 5.00. The number of benzene rings is 1. The fourth-order valence-corrected chi connectivity index (χ4v) is 2.17. The van der Waals surface area contributed by atoms with Gasteiger partial charge in [-0.25, -0.2) is 0 Å². The molecule has 0 aliphatic carbocycles. The van der Waals surface area contributed by atoms with Crippen molar-refractivity contribution in [2.45, 2.75) is 39.9 Å². The molecule has 1 amide bonds. The molecule has 20 heavy (non-hydrogen) atoms. The first-order valence-corrected chi connectivity index (χ1v) is 7.21. The summed E-state index contributed by atoms with van der Waals surface area (Å²) in [5.74, 6) is 0.416. The maximum Gasteiger partial charge on any atom is 0.263 e. The van der Waals surface area contributed by atoms with Crippen LogP contribution in [0.3, 0.4) is 0 Å². The number of amides is 1. The van der Waals surface area contributed by atoms with Gasteiger partial charge in [-0.2, -0.15) is 0 Å². The van der Waals surface area contributed by atoms with E-state index in [-0.39, 0.29) is 5.91 Å². The monoisotopic (exact) mass is 299 g/mol. The first kappa shape index (κ1) is 16.8. The van der Waals surface area contributed by atoms with E-state index in [0.717, 1.165) is 0 Å². The zero-order valence-electron chi connectivity index (χ0n) is 12.4. The average Bonchev–Trinajstić information content (AvgIpc) is 2.41. The number of carbonyl (C=O) groups excluding carboxylic acids is 1. The minimum atomic E-state index is -0.709. The molecule has 0 bridgehead atoms. The predicted molar refractivity (Wildman–Crippen MR) is 80.1 cm³/mol. The van der Waals surface area contributed by atoms with E-state index >= 15 is 0 Å². The molecule has 1 aromatic rings. The Balaban J connectivity index is 2.90. The van der Waals surface area contributed by atoms with Crippen molar-refractivity contribution in [3.8, 4) is 5.75 Å². The highest BCUT2D eigenvalue weighted by Crippen LogP contribution is 2.29. The number of hydrogen-bond donors (Lipinski definition) is 1. The average molecular weight is 300 g/mol. The molecule has 0 aliphatic rings. The van der Waals surface area contributed by atoms with Crippen LogP contribution in [0.1, 0.15) is 39.4 Å². The van der Waals surface area contributed by atoms with Crippen LogP contribution in [0.5, 0.6) is 5.75 Å². The molecule has 0 saturated heterocycles. The lowest BCUT2D eigenvalue weighted by molar-refractivity contribution is -0.137. The second kappa shape index (κ2) is 7.50. The van der Waals surface area contributed by atoms with Gasteiger partial charge in [0.25, 0.3) is 5.91 Å². The number of halogens is 1. The number of likely N-dealkylation sites (N-methyl/N-ethyl adjacent to an activating group) is 1. The topological polar surface area (TPSA) is 49.8 Å². The van der Waals surface area contributed by atoms with Crippen LogP contribution in [0.2, 0.25) is 5.02 Å². The van der Waals surface area contributed by atoms with Crippen molar-refractivity contribution >= 4 is 17.5 Å². The van der Waals surface area contributed by atoms with E-state index in [0.29, 0.717) is 29.4 Å². The van der Waals surface area contributed by atoms with Crippen LogP contribution in [-0.2, 0) is 4.79 Å². The van der Waals surface area contributed by atoms with Crippen LogP contribution in [-0.4, -0.2) is 35.1 Å². The first-order chi connectivity index (χ1) is 9.40. The van der Waals surface area contributed by atoms with E-state index < -0.39 is 12.2 Å². The number of carbonyl (C=O) groups is 1. The molecule has 0 spiro atoms. The maximum atomic E-state index is 12.2. The Bertz CT molecular complexity index is 458. The molecule has 1 rings (SSSR count). The van der Waals surface area contributed by atoms with Gasteiger partial charge in [0.1, 0.15) is 5.75 Å². The van der Waals surface area contributed by atoms with Crippen molar-refractivity contribution in [3.63, 3.8) is 0 Å². The summed E-state index contributed by atoms with van der Waals surface area (Å²) < 4.78 is 5.70. The molecule has 0 fully saturated rings. The normalized spacial score (nSPS) is 13.7. The molecule has 1 N–H and O–H groups in total. The van der Waals surface area contributed by atoms with Crippen LogP contribution >= 0.6 is 11.6 Å². The highest BCUT2D eigenvalue weighted by atomic mass is 35.5. The summed E-state index contributed by atoms with van der Waals surface area (Å²) >= 11 is 5.91. The third kappa shape index (κ3) is 4.12. The second-order valence-corrected chi connectivity index (χ2v) is 5.07. The highest BCUT2D eigenvalue weighted by Gasteiger charge is 2.21. The number of ether oxygens (including phenoxy) is 1. The van der Waals surface area contributed by atoms with Crippen molar-refractivity contribution in [3.05, 3.63) is 28.8 Å². The molecule has 0 radical (unpaired) electrons. The van der Waals surface area contributed by atoms with Gasteiger partial charge in [0.2, 0.25) is 0 Å². The minimum absolute atomic E-state index is 0.0681. The number of aliphatic hydroxyl groups is 1. The number of nitrogens with zero attached hydrogens (tertiary/aromatic N) is 1. The Labute approximate surface area is 125 Å². The standard InChI is InChI=1S/C15H22ClNO3/c1-5-17(6-2)15(19)11(4)20-14-8-7-12(16)9-13(14)10(3)18/h7-11,18H,5-6H2,1-4H3. The summed E-state index contributed by atoms with van der Waals surface area (Å²) in [5.41, 5.74) is 0.580. The number of rotatable bonds is 6. The van der Waals surface area contributed by atoms with Gasteiger partial charge in [0.05, 0.1) is 6.10 Å². The van der Waals surface area contributed by atoms with Gasteiger partial charge in [-0.1, -0.05) is 11.6 Å². The minimum Gasteiger partial charge on any atom is -0.481 e. The van der Waals surface area contributed by atoms with Crippen LogP contribution < -0.4 is 4.74 Å². The van der Waals surface area contributed by atoms with Gasteiger partial charge in [-0.3, -0.25) is 4.79 Å². The van der Waals surface area contributed by atoms with Crippen LogP contribution in [0.4, 0.5) is 0 Å². The molecule has 0 heterocycles. The summed E-state index contributed by atoms with van der Waals surface area (Å²) in [5, 5.41) is 10.3. The fraction of sp³-hybridized carbons (Fsp3) is 0.533. The Morgan fingerprint density at radius 3 is 2.45 bits per heavy atom. The zero-order chi connectivity index (χ0) is 15.3. The lowest BCUT2D eigenvalue weighted by atomic mass is 10.1. The molecular formula is C15H22ClNO3. The SMILES string of the molecule is CCN(CC)C(=O)C(C)Oc1ccc(Cl)cc1C(C)O. The van der Waals surface area contributed by atoms with Crippen molar-refractivity contribution in [2.24, 2.45) is 0 Å². The fourth-order valence-electron chi connectivity index (χ4n) is 1.99. The Hall–Kier alpha value is -1.26. The van der Waals surface area contributed by atoms with E-state index in [1.807, 2.05) is 13.8 Å². The molecule has 4 nitrogen and oxygen atoms in total. The van der Waals surface area contributed by atoms with Crippen molar-refractivity contribution < 1.29 is 14.6 Å². The zero-order valence-corrected chi connectivity index (χ0v) is 13.1. The number of aliphatic hydroxyl groups excluding tert-OH is 1. The Morgan fingerprint density at radius 1 is 1.35 bits per heavy atom. The van der Waals surface area contributed by atoms with Gasteiger partial charge in [-0.15, -0.1) is 0 Å². The van der Waals surface area contributed by atoms with E-state index in [9.17, 15) is 9.90 Å². The first-order valence-electron chi connectivity index (χ1n) is 6.83. The van der Waals surface area contributed by atoms with Crippen LogP contribution in [0, 0.1) is 0 Å². The summed E-state index contributed by atoms with van der Waals surface area (Å²) in [6.07, 6.45) is -1.31. The van der Waals surface area contributed by atoms with Crippen LogP contribution in [0.15, 0.2) is 18.2 Å². The highest BCUT2D eigenvalue weighted by molar-refractivity contribution is 6.30. The van der Waals surface area contributed by atoms with Gasteiger partial charge in [0.15, 0.2) is 6.10 Å². The molecular weight excluding hydrogens is 278 g/mol. The molecule has 0 aromatic heterocycles. The molecule has 1 aromatic carbocycles. The van der Waals surface area contributed by atoms with Crippen LogP contribution in [0.25, 0.3) is 0 Å². The number of hydrogen-bond acceptors (Lipinski definition) is 3. The van der Waals surface area contributed by atoms with Gasteiger partial charge < -0.3 is 14.7 Å². The van der Waals surface area contributed by atoms with Crippen molar-refractivity contribution in [2.75, 3.05) is 13.1 Å². The molecule has 2 atom stereocenters. The third-order valence-electron chi connectivity index (χ3n) is 3.15. The predicted octanol–water partition coefficient (Wildman–Crippen LogP) is 3.03. The third-order valence-corrected chi connectivity index (χ3v) is 3.38. The van der Waals surface area contributed by atoms with Crippen molar-refractivity contribution in [1.29, 1.82) is 0 Å². The van der Waals surface area contributed by atoms with E-state index in [1.165, 1.54) is 0 Å². The Morgan fingerprint density at radius 2 is 1.95 bits per heavy atom. The largest absolute Gasteiger partial charge is 0.481 e. The molecule has 0 aliphatic heterocycles.